The Morgan fingerprint density at radius 2 is 2.07 bits per heavy atom. The number of aliphatic hydroxyl groups is 1. The van der Waals surface area contributed by atoms with Crippen molar-refractivity contribution >= 4 is 0 Å². The summed E-state index contributed by atoms with van der Waals surface area (Å²) < 4.78 is 0. The Morgan fingerprint density at radius 3 is 2.79 bits per heavy atom. The minimum absolute atomic E-state index is 0.284. The van der Waals surface area contributed by atoms with E-state index in [1.165, 1.54) is 12.0 Å². The van der Waals surface area contributed by atoms with Crippen LogP contribution in [0.5, 0.6) is 0 Å². The zero-order valence-corrected chi connectivity index (χ0v) is 8.32. The van der Waals surface area contributed by atoms with E-state index in [1.54, 1.807) is 0 Å². The molecule has 14 heavy (non-hydrogen) atoms. The first kappa shape index (κ1) is 9.69. The van der Waals surface area contributed by atoms with E-state index in [0.717, 1.165) is 13.0 Å². The highest BCUT2D eigenvalue weighted by Crippen LogP contribution is 2.28. The molecule has 2 N–H and O–H groups in total. The molecular weight excluding hydrogens is 174 g/mol. The van der Waals surface area contributed by atoms with Crippen LogP contribution >= 0.6 is 0 Å². The molecule has 1 saturated heterocycles. The summed E-state index contributed by atoms with van der Waals surface area (Å²) in [4.78, 5) is 0. The van der Waals surface area contributed by atoms with Gasteiger partial charge in [-0.25, -0.2) is 0 Å². The predicted octanol–water partition coefficient (Wildman–Crippen LogP) is 1.72. The molecule has 1 heterocycles. The van der Waals surface area contributed by atoms with Crippen LogP contribution in [0.2, 0.25) is 0 Å². The molecule has 2 nitrogen and oxygen atoms in total. The molecule has 0 saturated carbocycles. The number of piperidine rings is 1. The van der Waals surface area contributed by atoms with Gasteiger partial charge in [-0.15, -0.1) is 0 Å². The summed E-state index contributed by atoms with van der Waals surface area (Å²) in [5, 5.41) is 12.8. The van der Waals surface area contributed by atoms with Gasteiger partial charge in [-0.05, 0) is 24.9 Å². The number of hydrogen-bond donors (Lipinski definition) is 2. The van der Waals surface area contributed by atoms with Crippen molar-refractivity contribution in [2.24, 2.45) is 5.92 Å². The fourth-order valence-electron chi connectivity index (χ4n) is 2.20. The van der Waals surface area contributed by atoms with E-state index in [4.69, 9.17) is 0 Å². The van der Waals surface area contributed by atoms with E-state index in [9.17, 15) is 5.11 Å². The third kappa shape index (κ3) is 1.97. The Labute approximate surface area is 85.0 Å². The summed E-state index contributed by atoms with van der Waals surface area (Å²) in [6, 6.07) is 10.7. The molecule has 0 aliphatic carbocycles. The topological polar surface area (TPSA) is 32.3 Å². The molecule has 1 fully saturated rings. The first-order valence-corrected chi connectivity index (χ1v) is 5.31. The van der Waals surface area contributed by atoms with Crippen molar-refractivity contribution in [3.8, 4) is 0 Å². The maximum Gasteiger partial charge on any atom is 0.0477 e. The van der Waals surface area contributed by atoms with Crippen LogP contribution in [-0.4, -0.2) is 18.3 Å². The molecule has 2 heteroatoms. The van der Waals surface area contributed by atoms with Gasteiger partial charge in [-0.3, -0.25) is 0 Å². The van der Waals surface area contributed by atoms with Crippen LogP contribution in [0.4, 0.5) is 0 Å². The van der Waals surface area contributed by atoms with Gasteiger partial charge in [0.1, 0.15) is 0 Å². The molecule has 0 amide bonds. The second-order valence-corrected chi connectivity index (χ2v) is 3.93. The lowest BCUT2D eigenvalue weighted by Crippen LogP contribution is -2.35. The van der Waals surface area contributed by atoms with Gasteiger partial charge in [0.25, 0.3) is 0 Å². The van der Waals surface area contributed by atoms with E-state index >= 15 is 0 Å². The highest BCUT2D eigenvalue weighted by atomic mass is 16.3. The molecule has 1 aliphatic rings. The van der Waals surface area contributed by atoms with E-state index in [2.05, 4.69) is 29.6 Å². The lowest BCUT2D eigenvalue weighted by Gasteiger charge is -2.31. The van der Waals surface area contributed by atoms with Crippen molar-refractivity contribution in [1.29, 1.82) is 0 Å². The lowest BCUT2D eigenvalue weighted by molar-refractivity contribution is 0.160. The van der Waals surface area contributed by atoms with Crippen LogP contribution in [0.15, 0.2) is 30.3 Å². The molecule has 0 aromatic heterocycles. The largest absolute Gasteiger partial charge is 0.396 e. The minimum Gasteiger partial charge on any atom is -0.396 e. The van der Waals surface area contributed by atoms with E-state index in [0.29, 0.717) is 12.0 Å². The van der Waals surface area contributed by atoms with Gasteiger partial charge in [0, 0.05) is 18.6 Å². The second-order valence-electron chi connectivity index (χ2n) is 3.93. The summed E-state index contributed by atoms with van der Waals surface area (Å²) in [6.07, 6.45) is 2.30. The number of benzene rings is 1. The number of rotatable bonds is 2. The normalized spacial score (nSPS) is 27.5. The van der Waals surface area contributed by atoms with Gasteiger partial charge < -0.3 is 10.4 Å². The van der Waals surface area contributed by atoms with Crippen LogP contribution in [-0.2, 0) is 0 Å². The lowest BCUT2D eigenvalue weighted by atomic mass is 9.87. The van der Waals surface area contributed by atoms with Crippen molar-refractivity contribution in [2.45, 2.75) is 18.9 Å². The molecule has 1 aliphatic heterocycles. The number of nitrogens with one attached hydrogen (secondary N) is 1. The van der Waals surface area contributed by atoms with Crippen LogP contribution in [0.1, 0.15) is 24.4 Å². The monoisotopic (exact) mass is 191 g/mol. The fraction of sp³-hybridized carbons (Fsp3) is 0.500. The van der Waals surface area contributed by atoms with Gasteiger partial charge >= 0.3 is 0 Å². The molecule has 0 radical (unpaired) electrons. The summed E-state index contributed by atoms with van der Waals surface area (Å²) in [6.45, 7) is 1.35. The van der Waals surface area contributed by atoms with Crippen molar-refractivity contribution in [1.82, 2.24) is 5.32 Å². The molecule has 0 spiro atoms. The second kappa shape index (κ2) is 4.58. The molecule has 2 rings (SSSR count). The zero-order valence-electron chi connectivity index (χ0n) is 8.32. The SMILES string of the molecule is OC[C@H]1CCCN[C@@H]1c1ccccc1. The van der Waals surface area contributed by atoms with E-state index in [1.807, 2.05) is 6.07 Å². The predicted molar refractivity (Wildman–Crippen MR) is 57.0 cm³/mol. The Bertz CT molecular complexity index is 273. The number of aliphatic hydroxyl groups excluding tert-OH is 1. The standard InChI is InChI=1S/C12H17NO/c14-9-11-7-4-8-13-12(11)10-5-2-1-3-6-10/h1-3,5-6,11-14H,4,7-9H2/t11-,12-/m1/s1. The van der Waals surface area contributed by atoms with Crippen molar-refractivity contribution in [3.05, 3.63) is 35.9 Å². The minimum atomic E-state index is 0.284. The van der Waals surface area contributed by atoms with Crippen LogP contribution in [0.25, 0.3) is 0 Å². The quantitative estimate of drug-likeness (QED) is 0.746. The van der Waals surface area contributed by atoms with Crippen molar-refractivity contribution in [3.63, 3.8) is 0 Å². The summed E-state index contributed by atoms with van der Waals surface area (Å²) in [7, 11) is 0. The third-order valence-electron chi connectivity index (χ3n) is 2.98. The Hall–Kier alpha value is -0.860. The summed E-state index contributed by atoms with van der Waals surface area (Å²) >= 11 is 0. The maximum atomic E-state index is 9.28. The first-order chi connectivity index (χ1) is 6.92. The van der Waals surface area contributed by atoms with E-state index in [-0.39, 0.29) is 6.61 Å². The molecule has 76 valence electrons. The van der Waals surface area contributed by atoms with Crippen molar-refractivity contribution in [2.75, 3.05) is 13.2 Å². The van der Waals surface area contributed by atoms with Gasteiger partial charge in [-0.2, -0.15) is 0 Å². The molecule has 0 unspecified atom stereocenters. The van der Waals surface area contributed by atoms with E-state index < -0.39 is 0 Å². The van der Waals surface area contributed by atoms with Crippen LogP contribution in [0, 0.1) is 5.92 Å². The Balaban J connectivity index is 2.15. The van der Waals surface area contributed by atoms with Crippen LogP contribution < -0.4 is 5.32 Å². The molecule has 1 aromatic rings. The Morgan fingerprint density at radius 1 is 1.29 bits per heavy atom. The first-order valence-electron chi connectivity index (χ1n) is 5.31. The smallest absolute Gasteiger partial charge is 0.0477 e. The number of hydrogen-bond acceptors (Lipinski definition) is 2. The average molecular weight is 191 g/mol. The molecule has 2 atom stereocenters. The van der Waals surface area contributed by atoms with Gasteiger partial charge in [0.05, 0.1) is 0 Å². The molecule has 1 aromatic carbocycles. The molecular formula is C12H17NO. The Kier molecular flexibility index (Phi) is 3.17. The highest BCUT2D eigenvalue weighted by Gasteiger charge is 2.24. The average Bonchev–Trinajstić information content (AvgIpc) is 2.30. The highest BCUT2D eigenvalue weighted by molar-refractivity contribution is 5.20. The summed E-state index contributed by atoms with van der Waals surface area (Å²) in [5.74, 6) is 0.381. The zero-order chi connectivity index (χ0) is 9.80. The van der Waals surface area contributed by atoms with Crippen molar-refractivity contribution < 1.29 is 5.11 Å². The third-order valence-corrected chi connectivity index (χ3v) is 2.98. The molecule has 0 bridgehead atoms. The van der Waals surface area contributed by atoms with Gasteiger partial charge in [-0.1, -0.05) is 30.3 Å². The summed E-state index contributed by atoms with van der Waals surface area (Å²) in [5.41, 5.74) is 1.30. The van der Waals surface area contributed by atoms with Gasteiger partial charge in [0.2, 0.25) is 0 Å². The fourth-order valence-corrected chi connectivity index (χ4v) is 2.20. The van der Waals surface area contributed by atoms with Gasteiger partial charge in [0.15, 0.2) is 0 Å². The maximum absolute atomic E-state index is 9.28. The van der Waals surface area contributed by atoms with Crippen LogP contribution in [0.3, 0.4) is 0 Å².